The highest BCUT2D eigenvalue weighted by atomic mass is 15.6. The normalized spacial score (nSPS) is 13.9. The van der Waals surface area contributed by atoms with Crippen LogP contribution < -0.4 is 5.73 Å². The third-order valence-electron chi connectivity index (χ3n) is 1.41. The summed E-state index contributed by atoms with van der Waals surface area (Å²) < 4.78 is 1.73. The summed E-state index contributed by atoms with van der Waals surface area (Å²) in [4.78, 5) is 0. The molecule has 0 bridgehead atoms. The minimum atomic E-state index is -0.104. The van der Waals surface area contributed by atoms with Gasteiger partial charge >= 0.3 is 0 Å². The van der Waals surface area contributed by atoms with Crippen molar-refractivity contribution in [2.75, 3.05) is 0 Å². The first kappa shape index (κ1) is 8.13. The molecule has 0 amide bonds. The Kier molecular flexibility index (Phi) is 2.19. The first-order valence-corrected chi connectivity index (χ1v) is 3.66. The van der Waals surface area contributed by atoms with Crippen LogP contribution in [0, 0.1) is 0 Å². The summed E-state index contributed by atoms with van der Waals surface area (Å²) in [6.07, 6.45) is 0. The minimum absolute atomic E-state index is 0.104. The van der Waals surface area contributed by atoms with Crippen LogP contribution in [-0.2, 0) is 0 Å². The van der Waals surface area contributed by atoms with Crippen molar-refractivity contribution in [3.8, 4) is 0 Å². The van der Waals surface area contributed by atoms with Crippen molar-refractivity contribution in [3.63, 3.8) is 0 Å². The molecule has 0 saturated carbocycles. The highest BCUT2D eigenvalue weighted by Crippen LogP contribution is 2.09. The molecule has 1 aromatic heterocycles. The molecule has 1 atom stereocenters. The Bertz CT molecular complexity index is 204. The van der Waals surface area contributed by atoms with Gasteiger partial charge in [0.2, 0.25) is 0 Å². The predicted molar refractivity (Wildman–Crippen MR) is 40.8 cm³/mol. The lowest BCUT2D eigenvalue weighted by molar-refractivity contribution is 0.479. The average molecular weight is 155 g/mol. The summed E-state index contributed by atoms with van der Waals surface area (Å²) in [5.41, 5.74) is 5.63. The second-order valence-corrected chi connectivity index (χ2v) is 2.86. The van der Waals surface area contributed by atoms with Gasteiger partial charge in [0.15, 0.2) is 5.82 Å². The van der Waals surface area contributed by atoms with Crippen LogP contribution in [0.4, 0.5) is 0 Å². The second kappa shape index (κ2) is 2.96. The molecule has 5 nitrogen and oxygen atoms in total. The lowest BCUT2D eigenvalue weighted by Crippen LogP contribution is -2.15. The van der Waals surface area contributed by atoms with Crippen molar-refractivity contribution in [1.29, 1.82) is 0 Å². The van der Waals surface area contributed by atoms with E-state index in [0.717, 1.165) is 5.82 Å². The molecule has 11 heavy (non-hydrogen) atoms. The zero-order chi connectivity index (χ0) is 8.43. The number of nitrogens with two attached hydrogens (primary N) is 1. The van der Waals surface area contributed by atoms with E-state index in [1.54, 1.807) is 4.68 Å². The lowest BCUT2D eigenvalue weighted by atomic mass is 10.3. The summed E-state index contributed by atoms with van der Waals surface area (Å²) >= 11 is 0. The molecule has 2 N–H and O–H groups in total. The van der Waals surface area contributed by atoms with Gasteiger partial charge in [-0.15, -0.1) is 5.10 Å². The molecule has 1 aromatic rings. The molecule has 0 saturated heterocycles. The molecule has 1 rings (SSSR count). The van der Waals surface area contributed by atoms with E-state index >= 15 is 0 Å². The Morgan fingerprint density at radius 3 is 2.36 bits per heavy atom. The van der Waals surface area contributed by atoms with Crippen molar-refractivity contribution < 1.29 is 0 Å². The van der Waals surface area contributed by atoms with Crippen LogP contribution in [-0.4, -0.2) is 20.2 Å². The summed E-state index contributed by atoms with van der Waals surface area (Å²) in [6, 6.07) is 0.165. The Morgan fingerprint density at radius 1 is 1.36 bits per heavy atom. The van der Waals surface area contributed by atoms with Gasteiger partial charge in [-0.2, -0.15) is 0 Å². The van der Waals surface area contributed by atoms with Crippen LogP contribution in [0.15, 0.2) is 0 Å². The van der Waals surface area contributed by atoms with Gasteiger partial charge in [-0.05, 0) is 31.2 Å². The maximum absolute atomic E-state index is 5.63. The first-order valence-electron chi connectivity index (χ1n) is 3.66. The van der Waals surface area contributed by atoms with Gasteiger partial charge < -0.3 is 5.73 Å². The lowest BCUT2D eigenvalue weighted by Gasteiger charge is -2.08. The summed E-state index contributed by atoms with van der Waals surface area (Å²) in [7, 11) is 0. The average Bonchev–Trinajstić information content (AvgIpc) is 2.32. The Hall–Kier alpha value is -0.970. The highest BCUT2D eigenvalue weighted by molar-refractivity contribution is 4.88. The monoisotopic (exact) mass is 155 g/mol. The van der Waals surface area contributed by atoms with Crippen molar-refractivity contribution in [2.24, 2.45) is 5.73 Å². The topological polar surface area (TPSA) is 69.6 Å². The molecule has 1 unspecified atom stereocenters. The molecule has 0 aliphatic heterocycles. The van der Waals surface area contributed by atoms with E-state index in [9.17, 15) is 0 Å². The number of hydrogen-bond donors (Lipinski definition) is 1. The van der Waals surface area contributed by atoms with Gasteiger partial charge in [0.25, 0.3) is 0 Å². The zero-order valence-corrected chi connectivity index (χ0v) is 7.02. The van der Waals surface area contributed by atoms with Crippen LogP contribution in [0.1, 0.15) is 38.7 Å². The predicted octanol–water partition coefficient (Wildman–Crippen LogP) is 0.274. The largest absolute Gasteiger partial charge is 0.322 e. The molecule has 0 aliphatic carbocycles. The molecule has 1 heterocycles. The molecule has 0 radical (unpaired) electrons. The molecule has 62 valence electrons. The highest BCUT2D eigenvalue weighted by Gasteiger charge is 2.11. The number of aromatic nitrogens is 4. The number of nitrogens with zero attached hydrogens (tertiary/aromatic N) is 4. The van der Waals surface area contributed by atoms with Crippen molar-refractivity contribution in [1.82, 2.24) is 20.2 Å². The minimum Gasteiger partial charge on any atom is -0.322 e. The van der Waals surface area contributed by atoms with Gasteiger partial charge in [-0.25, -0.2) is 4.68 Å². The maximum atomic E-state index is 5.63. The van der Waals surface area contributed by atoms with Crippen LogP contribution in [0.25, 0.3) is 0 Å². The van der Waals surface area contributed by atoms with E-state index in [1.165, 1.54) is 0 Å². The number of hydrogen-bond acceptors (Lipinski definition) is 4. The van der Waals surface area contributed by atoms with Crippen molar-refractivity contribution in [2.45, 2.75) is 32.9 Å². The van der Waals surface area contributed by atoms with E-state index in [4.69, 9.17) is 5.73 Å². The van der Waals surface area contributed by atoms with E-state index in [-0.39, 0.29) is 12.1 Å². The first-order chi connectivity index (χ1) is 5.13. The molecule has 5 heteroatoms. The third kappa shape index (κ3) is 1.54. The SMILES string of the molecule is CC(N)c1nnnn1C(C)C. The van der Waals surface area contributed by atoms with Crippen LogP contribution in [0.5, 0.6) is 0 Å². The van der Waals surface area contributed by atoms with E-state index < -0.39 is 0 Å². The Balaban J connectivity index is 2.96. The Labute approximate surface area is 65.6 Å². The van der Waals surface area contributed by atoms with Gasteiger partial charge in [-0.1, -0.05) is 0 Å². The van der Waals surface area contributed by atoms with Crippen molar-refractivity contribution in [3.05, 3.63) is 5.82 Å². The fourth-order valence-corrected chi connectivity index (χ4v) is 0.868. The van der Waals surface area contributed by atoms with Crippen LogP contribution in [0.3, 0.4) is 0 Å². The van der Waals surface area contributed by atoms with E-state index in [0.29, 0.717) is 0 Å². The third-order valence-corrected chi connectivity index (χ3v) is 1.41. The van der Waals surface area contributed by atoms with Gasteiger partial charge in [0, 0.05) is 0 Å². The maximum Gasteiger partial charge on any atom is 0.167 e. The second-order valence-electron chi connectivity index (χ2n) is 2.86. The number of tetrazole rings is 1. The molecular formula is C6H13N5. The molecular weight excluding hydrogens is 142 g/mol. The van der Waals surface area contributed by atoms with E-state index in [2.05, 4.69) is 15.5 Å². The van der Waals surface area contributed by atoms with E-state index in [1.807, 2.05) is 20.8 Å². The smallest absolute Gasteiger partial charge is 0.167 e. The fraction of sp³-hybridized carbons (Fsp3) is 0.833. The van der Waals surface area contributed by atoms with Crippen LogP contribution >= 0.6 is 0 Å². The molecule has 0 aromatic carbocycles. The molecule has 0 fully saturated rings. The zero-order valence-electron chi connectivity index (χ0n) is 7.02. The standard InChI is InChI=1S/C6H13N5/c1-4(2)11-6(5(3)7)8-9-10-11/h4-5H,7H2,1-3H3. The van der Waals surface area contributed by atoms with Gasteiger partial charge in [0.05, 0.1) is 12.1 Å². The van der Waals surface area contributed by atoms with Crippen LogP contribution in [0.2, 0.25) is 0 Å². The number of rotatable bonds is 2. The summed E-state index contributed by atoms with van der Waals surface area (Å²) in [5.74, 6) is 0.736. The quantitative estimate of drug-likeness (QED) is 0.665. The Morgan fingerprint density at radius 2 is 2.00 bits per heavy atom. The fourth-order valence-electron chi connectivity index (χ4n) is 0.868. The van der Waals surface area contributed by atoms with Crippen molar-refractivity contribution >= 4 is 0 Å². The molecule has 0 aliphatic rings. The summed E-state index contributed by atoms with van der Waals surface area (Å²) in [6.45, 7) is 5.90. The van der Waals surface area contributed by atoms with Gasteiger partial charge in [0.1, 0.15) is 0 Å². The van der Waals surface area contributed by atoms with Gasteiger partial charge in [-0.3, -0.25) is 0 Å². The molecule has 0 spiro atoms. The summed E-state index contributed by atoms with van der Waals surface area (Å²) in [5, 5.41) is 11.2.